The van der Waals surface area contributed by atoms with Gasteiger partial charge in [0.1, 0.15) is 33.5 Å². The Morgan fingerprint density at radius 3 is 2.00 bits per heavy atom. The average Bonchev–Trinajstić information content (AvgIpc) is 3.87. The number of allylic oxidation sites excluding steroid dienone is 2. The summed E-state index contributed by atoms with van der Waals surface area (Å²) in [5.41, 5.74) is 12.7. The summed E-state index contributed by atoms with van der Waals surface area (Å²) < 4.78 is 19.9. The quantitative estimate of drug-likeness (QED) is 0.181. The molecule has 5 nitrogen and oxygen atoms in total. The lowest BCUT2D eigenvalue weighted by Gasteiger charge is -2.38. The molecule has 2 atom stereocenters. The van der Waals surface area contributed by atoms with Crippen molar-refractivity contribution in [2.75, 3.05) is 0 Å². The Kier molecular flexibility index (Phi) is 5.36. The molecule has 10 aromatic rings. The van der Waals surface area contributed by atoms with E-state index in [1.807, 2.05) is 18.2 Å². The third-order valence-electron chi connectivity index (χ3n) is 12.1. The van der Waals surface area contributed by atoms with E-state index in [9.17, 15) is 0 Å². The number of hydrogen-bond donors (Lipinski definition) is 0. The summed E-state index contributed by atoms with van der Waals surface area (Å²) in [6.45, 7) is 0. The Balaban J connectivity index is 1.29. The third-order valence-corrected chi connectivity index (χ3v) is 12.1. The van der Waals surface area contributed by atoms with Crippen molar-refractivity contribution < 1.29 is 13.3 Å². The number of aliphatic imine (C=N–C) groups is 2. The molecule has 2 unspecified atom stereocenters. The second kappa shape index (κ2) is 10.1. The minimum absolute atomic E-state index is 0.0723. The lowest BCUT2D eigenvalue weighted by Crippen LogP contribution is -2.33. The summed E-state index contributed by atoms with van der Waals surface area (Å²) in [5, 5.41) is 6.45. The van der Waals surface area contributed by atoms with Gasteiger partial charge in [-0.2, -0.15) is 0 Å². The summed E-state index contributed by atoms with van der Waals surface area (Å²) >= 11 is 0. The van der Waals surface area contributed by atoms with Gasteiger partial charge in [-0.1, -0.05) is 103 Å². The van der Waals surface area contributed by atoms with Crippen LogP contribution in [0.2, 0.25) is 0 Å². The van der Waals surface area contributed by atoms with Gasteiger partial charge in [0.15, 0.2) is 5.84 Å². The highest BCUT2D eigenvalue weighted by molar-refractivity contribution is 6.24. The fourth-order valence-corrected chi connectivity index (χ4v) is 9.83. The number of benzene rings is 7. The first-order valence-corrected chi connectivity index (χ1v) is 18.5. The van der Waals surface area contributed by atoms with Crippen LogP contribution in [0.15, 0.2) is 181 Å². The molecule has 1 aliphatic carbocycles. The Hall–Kier alpha value is -6.98. The highest BCUT2D eigenvalue weighted by Gasteiger charge is 2.49. The smallest absolute Gasteiger partial charge is 0.160 e. The molecular formula is C49H28N2O3. The van der Waals surface area contributed by atoms with Crippen LogP contribution >= 0.6 is 0 Å². The average molecular weight is 693 g/mol. The molecule has 0 N–H and O–H groups in total. The maximum Gasteiger partial charge on any atom is 0.160 e. The first-order valence-electron chi connectivity index (χ1n) is 18.5. The first-order chi connectivity index (χ1) is 26.7. The molecule has 0 spiro atoms. The number of hydrogen-bond acceptors (Lipinski definition) is 5. The second-order valence-corrected chi connectivity index (χ2v) is 14.7. The molecule has 7 aromatic carbocycles. The van der Waals surface area contributed by atoms with Crippen molar-refractivity contribution in [3.8, 4) is 0 Å². The largest absolute Gasteiger partial charge is 0.456 e. The molecule has 252 valence electrons. The molecule has 0 amide bonds. The number of rotatable bonds is 2. The van der Waals surface area contributed by atoms with Gasteiger partial charge in [-0.05, 0) is 82.8 Å². The fraction of sp³-hybridized carbons (Fsp3) is 0.0612. The zero-order chi connectivity index (χ0) is 35.1. The van der Waals surface area contributed by atoms with E-state index in [4.69, 9.17) is 23.2 Å². The molecule has 54 heavy (non-hydrogen) atoms. The Morgan fingerprint density at radius 2 is 1.17 bits per heavy atom. The molecule has 5 heteroatoms. The summed E-state index contributed by atoms with van der Waals surface area (Å²) in [7, 11) is 0. The number of nitrogens with zero attached hydrogens (tertiary/aromatic N) is 2. The van der Waals surface area contributed by atoms with Gasteiger partial charge >= 0.3 is 0 Å². The van der Waals surface area contributed by atoms with Crippen LogP contribution in [0.1, 0.15) is 45.7 Å². The maximum absolute atomic E-state index is 6.74. The summed E-state index contributed by atoms with van der Waals surface area (Å²) in [5.74, 6) is 0.616. The van der Waals surface area contributed by atoms with Crippen LogP contribution in [0, 0.1) is 0 Å². The van der Waals surface area contributed by atoms with Crippen LogP contribution in [0.4, 0.5) is 0 Å². The molecule has 3 bridgehead atoms. The van der Waals surface area contributed by atoms with Gasteiger partial charge in [0.25, 0.3) is 0 Å². The van der Waals surface area contributed by atoms with E-state index in [2.05, 4.69) is 133 Å². The van der Waals surface area contributed by atoms with Crippen LogP contribution in [0.25, 0.3) is 65.8 Å². The van der Waals surface area contributed by atoms with E-state index in [0.29, 0.717) is 5.84 Å². The van der Waals surface area contributed by atoms with Crippen LogP contribution < -0.4 is 0 Å². The zero-order valence-electron chi connectivity index (χ0n) is 28.8. The number of fused-ring (bicyclic) bond motifs is 13. The van der Waals surface area contributed by atoms with Crippen molar-refractivity contribution in [1.29, 1.82) is 0 Å². The maximum atomic E-state index is 6.74. The van der Waals surface area contributed by atoms with E-state index in [1.54, 1.807) is 0 Å². The minimum atomic E-state index is -0.888. The van der Waals surface area contributed by atoms with Gasteiger partial charge in [0.05, 0.1) is 16.8 Å². The Labute approximate surface area is 308 Å². The molecule has 13 rings (SSSR count). The minimum Gasteiger partial charge on any atom is -0.456 e. The predicted molar refractivity (Wildman–Crippen MR) is 216 cm³/mol. The normalized spacial score (nSPS) is 20.8. The monoisotopic (exact) mass is 692 g/mol. The molecule has 0 saturated carbocycles. The zero-order valence-corrected chi connectivity index (χ0v) is 28.8. The summed E-state index contributed by atoms with van der Waals surface area (Å²) in [6.07, 6.45) is 3.11. The van der Waals surface area contributed by atoms with Crippen molar-refractivity contribution >= 4 is 77.4 Å². The van der Waals surface area contributed by atoms with Gasteiger partial charge in [-0.15, -0.1) is 0 Å². The molecule has 3 aromatic heterocycles. The first kappa shape index (κ1) is 28.6. The topological polar surface area (TPSA) is 64.1 Å². The van der Waals surface area contributed by atoms with Crippen molar-refractivity contribution in [1.82, 2.24) is 0 Å². The Morgan fingerprint density at radius 1 is 0.500 bits per heavy atom. The molecule has 0 radical (unpaired) electrons. The predicted octanol–water partition coefficient (Wildman–Crippen LogP) is 12.4. The number of furan rings is 3. The Bertz CT molecular complexity index is 3370. The molecular weight excluding hydrogens is 665 g/mol. The van der Waals surface area contributed by atoms with Crippen LogP contribution in [-0.2, 0) is 5.41 Å². The number of amidine groups is 1. The number of para-hydroxylation sites is 2. The van der Waals surface area contributed by atoms with Gasteiger partial charge in [0, 0.05) is 43.8 Å². The van der Waals surface area contributed by atoms with E-state index in [1.165, 1.54) is 5.56 Å². The van der Waals surface area contributed by atoms with E-state index in [-0.39, 0.29) is 5.92 Å². The van der Waals surface area contributed by atoms with Gasteiger partial charge < -0.3 is 13.3 Å². The van der Waals surface area contributed by atoms with Crippen LogP contribution in [0.3, 0.4) is 0 Å². The molecule has 5 heterocycles. The van der Waals surface area contributed by atoms with E-state index >= 15 is 0 Å². The summed E-state index contributed by atoms with van der Waals surface area (Å²) in [4.78, 5) is 11.4. The van der Waals surface area contributed by atoms with Gasteiger partial charge in [-0.25, -0.2) is 9.98 Å². The summed E-state index contributed by atoms with van der Waals surface area (Å²) in [6, 6.07) is 51.4. The van der Waals surface area contributed by atoms with Gasteiger partial charge in [0.2, 0.25) is 0 Å². The highest BCUT2D eigenvalue weighted by Crippen LogP contribution is 2.57. The van der Waals surface area contributed by atoms with Crippen molar-refractivity contribution in [2.45, 2.75) is 17.8 Å². The van der Waals surface area contributed by atoms with E-state index < -0.39 is 5.41 Å². The lowest BCUT2D eigenvalue weighted by molar-refractivity contribution is 0.660. The third kappa shape index (κ3) is 3.54. The standard InChI is InChI=1S/C49H28N2O3/c1-2-10-27(11-3-1)47-31-21-23-44-49(28-20-22-40-34(24-28)29-12-4-6-16-38(29)52-40,37-26-43-35(25-33(31)37)30-13-5-7-17-39(30)53-43)36-15-9-19-42-46(36)45-32(48(50-44)51-47)14-8-18-41(45)54-42/h1-20,22-26,31H,21H2/b50-48-,51-47-. The molecule has 0 fully saturated rings. The fourth-order valence-electron chi connectivity index (χ4n) is 9.83. The van der Waals surface area contributed by atoms with Crippen molar-refractivity contribution in [2.24, 2.45) is 9.98 Å². The van der Waals surface area contributed by atoms with Crippen molar-refractivity contribution in [3.05, 3.63) is 191 Å². The molecule has 2 aliphatic heterocycles. The SMILES string of the molecule is C1=C2/N=C3\N=C(\c4ccccc4)C(C1)c1cc4c(cc1C2(c1ccc2oc5ccccc5c2c1)c1cccc2oc5cccc3c5c12)oc1ccccc14. The van der Waals surface area contributed by atoms with Crippen molar-refractivity contribution in [3.63, 3.8) is 0 Å². The molecule has 3 aliphatic rings. The van der Waals surface area contributed by atoms with E-state index in [0.717, 1.165) is 111 Å². The van der Waals surface area contributed by atoms with Crippen LogP contribution in [-0.4, -0.2) is 11.5 Å². The highest BCUT2D eigenvalue weighted by atomic mass is 16.3. The van der Waals surface area contributed by atoms with Gasteiger partial charge in [-0.3, -0.25) is 0 Å². The van der Waals surface area contributed by atoms with Crippen LogP contribution in [0.5, 0.6) is 0 Å². The lowest BCUT2D eigenvalue weighted by atomic mass is 9.64. The second-order valence-electron chi connectivity index (χ2n) is 14.7. The molecule has 0 saturated heterocycles.